The topological polar surface area (TPSA) is 84.2 Å². The Balaban J connectivity index is 3.10. The molecule has 1 aromatic rings. The molecule has 0 unspecified atom stereocenters. The van der Waals surface area contributed by atoms with Crippen LogP contribution in [0.5, 0.6) is 0 Å². The van der Waals surface area contributed by atoms with Crippen LogP contribution in [0.25, 0.3) is 0 Å². The first-order valence-corrected chi connectivity index (χ1v) is 6.64. The van der Waals surface area contributed by atoms with E-state index in [0.717, 1.165) is 25.9 Å². The molecule has 0 spiro atoms. The predicted octanol–water partition coefficient (Wildman–Crippen LogP) is 2.44. The molecule has 7 nitrogen and oxygen atoms in total. The van der Waals surface area contributed by atoms with Crippen molar-refractivity contribution in [2.24, 2.45) is 0 Å². The Morgan fingerprint density at radius 3 is 2.63 bits per heavy atom. The largest absolute Gasteiger partial charge is 0.354 e. The molecule has 0 aromatic carbocycles. The minimum Gasteiger partial charge on any atom is -0.354 e. The van der Waals surface area contributed by atoms with Gasteiger partial charge in [-0.2, -0.15) is 4.98 Å². The molecule has 1 heterocycles. The molecule has 0 aliphatic heterocycles. The quantitative estimate of drug-likeness (QED) is 0.575. The lowest BCUT2D eigenvalue weighted by molar-refractivity contribution is -0.384. The molecule has 0 saturated carbocycles. The summed E-state index contributed by atoms with van der Waals surface area (Å²) in [5, 5.41) is 14.1. The highest BCUT2D eigenvalue weighted by molar-refractivity contribution is 5.58. The van der Waals surface area contributed by atoms with E-state index in [2.05, 4.69) is 15.3 Å². The van der Waals surface area contributed by atoms with Gasteiger partial charge in [0, 0.05) is 19.6 Å². The van der Waals surface area contributed by atoms with Gasteiger partial charge in [0.2, 0.25) is 11.8 Å². The van der Waals surface area contributed by atoms with Crippen LogP contribution in [0.1, 0.15) is 33.6 Å². The second-order valence-corrected chi connectivity index (χ2v) is 4.17. The maximum atomic E-state index is 11.1. The lowest BCUT2D eigenvalue weighted by atomic mass is 10.3. The number of anilines is 2. The van der Waals surface area contributed by atoms with E-state index >= 15 is 0 Å². The first-order chi connectivity index (χ1) is 9.13. The predicted molar refractivity (Wildman–Crippen MR) is 75.6 cm³/mol. The summed E-state index contributed by atoms with van der Waals surface area (Å²) < 4.78 is 0. The molecular weight excluding hydrogens is 246 g/mol. The van der Waals surface area contributed by atoms with Gasteiger partial charge in [-0.15, -0.1) is 0 Å². The van der Waals surface area contributed by atoms with Crippen molar-refractivity contribution in [2.45, 2.75) is 33.6 Å². The van der Waals surface area contributed by atoms with E-state index in [1.54, 1.807) is 0 Å². The van der Waals surface area contributed by atoms with Crippen LogP contribution < -0.4 is 10.2 Å². The van der Waals surface area contributed by atoms with Gasteiger partial charge in [0.05, 0.1) is 4.92 Å². The zero-order valence-corrected chi connectivity index (χ0v) is 11.7. The minimum atomic E-state index is -0.433. The molecule has 7 heteroatoms. The molecule has 0 radical (unpaired) electrons. The first-order valence-electron chi connectivity index (χ1n) is 6.64. The van der Waals surface area contributed by atoms with Crippen molar-refractivity contribution in [1.82, 2.24) is 9.97 Å². The van der Waals surface area contributed by atoms with Gasteiger partial charge in [-0.1, -0.05) is 13.8 Å². The van der Waals surface area contributed by atoms with Crippen LogP contribution >= 0.6 is 0 Å². The highest BCUT2D eigenvalue weighted by atomic mass is 16.6. The monoisotopic (exact) mass is 267 g/mol. The van der Waals surface area contributed by atoms with E-state index in [1.807, 2.05) is 25.7 Å². The Morgan fingerprint density at radius 2 is 2.11 bits per heavy atom. The molecule has 19 heavy (non-hydrogen) atoms. The van der Waals surface area contributed by atoms with E-state index in [1.165, 1.54) is 6.20 Å². The molecule has 1 rings (SSSR count). The number of nitrogens with zero attached hydrogens (tertiary/aromatic N) is 4. The van der Waals surface area contributed by atoms with Crippen LogP contribution in [0.3, 0.4) is 0 Å². The van der Waals surface area contributed by atoms with E-state index < -0.39 is 4.92 Å². The SMILES string of the molecule is CCCNc1ncc([N+](=O)[O-])c(N(CC)CCC)n1. The van der Waals surface area contributed by atoms with Crippen LogP contribution in [0, 0.1) is 10.1 Å². The minimum absolute atomic E-state index is 0.0441. The van der Waals surface area contributed by atoms with Crippen LogP contribution in [0.4, 0.5) is 17.5 Å². The lowest BCUT2D eigenvalue weighted by Crippen LogP contribution is -2.26. The van der Waals surface area contributed by atoms with Gasteiger partial charge in [0.1, 0.15) is 6.20 Å². The maximum Gasteiger partial charge on any atom is 0.329 e. The van der Waals surface area contributed by atoms with Crippen LogP contribution in [-0.4, -0.2) is 34.5 Å². The lowest BCUT2D eigenvalue weighted by Gasteiger charge is -2.21. The van der Waals surface area contributed by atoms with Gasteiger partial charge in [-0.05, 0) is 19.8 Å². The number of nitrogens with one attached hydrogen (secondary N) is 1. The highest BCUT2D eigenvalue weighted by Crippen LogP contribution is 2.26. The summed E-state index contributed by atoms with van der Waals surface area (Å²) in [5.74, 6) is 0.833. The Hall–Kier alpha value is -1.92. The average Bonchev–Trinajstić information content (AvgIpc) is 2.42. The van der Waals surface area contributed by atoms with E-state index in [9.17, 15) is 10.1 Å². The van der Waals surface area contributed by atoms with Crippen molar-refractivity contribution in [1.29, 1.82) is 0 Å². The summed E-state index contributed by atoms with van der Waals surface area (Å²) in [6.07, 6.45) is 3.13. The Labute approximate surface area is 113 Å². The summed E-state index contributed by atoms with van der Waals surface area (Å²) in [6.45, 7) is 8.19. The van der Waals surface area contributed by atoms with Crippen molar-refractivity contribution in [3.63, 3.8) is 0 Å². The summed E-state index contributed by atoms with van der Waals surface area (Å²) in [7, 11) is 0. The fourth-order valence-electron chi connectivity index (χ4n) is 1.73. The van der Waals surface area contributed by atoms with Crippen LogP contribution in [-0.2, 0) is 0 Å². The number of aromatic nitrogens is 2. The van der Waals surface area contributed by atoms with E-state index in [0.29, 0.717) is 18.3 Å². The summed E-state index contributed by atoms with van der Waals surface area (Å²) in [5.41, 5.74) is -0.0441. The third-order valence-corrected chi connectivity index (χ3v) is 2.65. The molecule has 1 aromatic heterocycles. The summed E-state index contributed by atoms with van der Waals surface area (Å²) >= 11 is 0. The maximum absolute atomic E-state index is 11.1. The van der Waals surface area contributed by atoms with Crippen molar-refractivity contribution in [3.05, 3.63) is 16.3 Å². The highest BCUT2D eigenvalue weighted by Gasteiger charge is 2.21. The molecule has 0 aliphatic rings. The summed E-state index contributed by atoms with van der Waals surface area (Å²) in [6, 6.07) is 0. The van der Waals surface area contributed by atoms with Gasteiger partial charge in [0.15, 0.2) is 0 Å². The number of hydrogen-bond acceptors (Lipinski definition) is 6. The Morgan fingerprint density at radius 1 is 1.37 bits per heavy atom. The van der Waals surface area contributed by atoms with E-state index in [-0.39, 0.29) is 5.69 Å². The number of nitro groups is 1. The van der Waals surface area contributed by atoms with Crippen molar-refractivity contribution >= 4 is 17.5 Å². The molecule has 0 saturated heterocycles. The third-order valence-electron chi connectivity index (χ3n) is 2.65. The third kappa shape index (κ3) is 4.04. The smallest absolute Gasteiger partial charge is 0.329 e. The molecule has 0 atom stereocenters. The normalized spacial score (nSPS) is 10.3. The molecule has 0 aliphatic carbocycles. The first kappa shape index (κ1) is 15.1. The Kier molecular flexibility index (Phi) is 5.98. The van der Waals surface area contributed by atoms with Gasteiger partial charge < -0.3 is 10.2 Å². The second kappa shape index (κ2) is 7.50. The van der Waals surface area contributed by atoms with Gasteiger partial charge >= 0.3 is 5.69 Å². The number of rotatable bonds is 8. The van der Waals surface area contributed by atoms with Gasteiger partial charge in [0.25, 0.3) is 0 Å². The molecule has 0 bridgehead atoms. The van der Waals surface area contributed by atoms with Gasteiger partial charge in [-0.3, -0.25) is 10.1 Å². The van der Waals surface area contributed by atoms with E-state index in [4.69, 9.17) is 0 Å². The molecule has 106 valence electrons. The fourth-order valence-corrected chi connectivity index (χ4v) is 1.73. The fraction of sp³-hybridized carbons (Fsp3) is 0.667. The van der Waals surface area contributed by atoms with Crippen LogP contribution in [0.2, 0.25) is 0 Å². The van der Waals surface area contributed by atoms with Gasteiger partial charge in [-0.25, -0.2) is 4.98 Å². The molecule has 0 fully saturated rings. The standard InChI is InChI=1S/C12H21N5O2/c1-4-7-13-12-14-9-10(17(18)19)11(15-12)16(6-3)8-5-2/h9H,4-8H2,1-3H3,(H,13,14,15). The van der Waals surface area contributed by atoms with Crippen molar-refractivity contribution < 1.29 is 4.92 Å². The zero-order chi connectivity index (χ0) is 14.3. The van der Waals surface area contributed by atoms with Crippen molar-refractivity contribution in [2.75, 3.05) is 29.9 Å². The number of hydrogen-bond donors (Lipinski definition) is 1. The zero-order valence-electron chi connectivity index (χ0n) is 11.7. The Bertz CT molecular complexity index is 425. The second-order valence-electron chi connectivity index (χ2n) is 4.17. The summed E-state index contributed by atoms with van der Waals surface area (Å²) in [4.78, 5) is 20.8. The molecule has 0 amide bonds. The average molecular weight is 267 g/mol. The molecular formula is C12H21N5O2. The van der Waals surface area contributed by atoms with Crippen LogP contribution in [0.15, 0.2) is 6.20 Å². The molecule has 1 N–H and O–H groups in total. The van der Waals surface area contributed by atoms with Crippen molar-refractivity contribution in [3.8, 4) is 0 Å².